The molecule has 2 aromatic rings. The molecule has 1 aromatic carbocycles. The van der Waals surface area contributed by atoms with Gasteiger partial charge in [-0.25, -0.2) is 0 Å². The number of aromatic nitrogens is 1. The zero-order valence-corrected chi connectivity index (χ0v) is 14.0. The second kappa shape index (κ2) is 6.65. The summed E-state index contributed by atoms with van der Waals surface area (Å²) >= 11 is 0. The Morgan fingerprint density at radius 2 is 2.12 bits per heavy atom. The summed E-state index contributed by atoms with van der Waals surface area (Å²) < 4.78 is 7.91. The van der Waals surface area contributed by atoms with E-state index in [4.69, 9.17) is 4.74 Å². The van der Waals surface area contributed by atoms with Gasteiger partial charge in [-0.2, -0.15) is 0 Å². The molecule has 1 aliphatic carbocycles. The van der Waals surface area contributed by atoms with E-state index in [0.29, 0.717) is 23.4 Å². The molecule has 0 radical (unpaired) electrons. The molecule has 0 amide bonds. The average Bonchev–Trinajstić information content (AvgIpc) is 3.31. The van der Waals surface area contributed by atoms with E-state index >= 15 is 0 Å². The predicted octanol–water partition coefficient (Wildman–Crippen LogP) is 1.90. The highest BCUT2D eigenvalue weighted by molar-refractivity contribution is 5.86. The van der Waals surface area contributed by atoms with Crippen LogP contribution in [0.15, 0.2) is 29.1 Å². The molecule has 128 valence electrons. The largest absolute Gasteiger partial charge is 0.490 e. The third kappa shape index (κ3) is 3.43. The van der Waals surface area contributed by atoms with Gasteiger partial charge in [-0.05, 0) is 39.1 Å². The van der Waals surface area contributed by atoms with Crippen molar-refractivity contribution in [2.24, 2.45) is 0 Å². The molecule has 1 heterocycles. The second-order valence-electron chi connectivity index (χ2n) is 6.48. The number of hydrogen-bond acceptors (Lipinski definition) is 4. The highest BCUT2D eigenvalue weighted by atomic mass is 16.5. The number of carbonyl (C=O) groups is 1. The van der Waals surface area contributed by atoms with Gasteiger partial charge in [0.15, 0.2) is 5.43 Å². The molecule has 0 spiro atoms. The van der Waals surface area contributed by atoms with Crippen LogP contribution in [0.1, 0.15) is 24.6 Å². The fraction of sp³-hybridized carbons (Fsp3) is 0.444. The number of para-hydroxylation sites is 1. The topological polar surface area (TPSA) is 71.8 Å². The lowest BCUT2D eigenvalue weighted by Crippen LogP contribution is -2.21. The van der Waals surface area contributed by atoms with Crippen LogP contribution < -0.4 is 10.2 Å². The number of benzene rings is 1. The Hall–Kier alpha value is -2.34. The Kier molecular flexibility index (Phi) is 4.57. The summed E-state index contributed by atoms with van der Waals surface area (Å²) in [7, 11) is 3.94. The summed E-state index contributed by atoms with van der Waals surface area (Å²) in [6.45, 7) is 1.27. The molecule has 0 unspecified atom stereocenters. The minimum absolute atomic E-state index is 0.156. The first-order valence-corrected chi connectivity index (χ1v) is 8.14. The molecule has 1 N–H and O–H groups in total. The van der Waals surface area contributed by atoms with Crippen molar-refractivity contribution in [2.75, 3.05) is 27.2 Å². The molecule has 0 aliphatic heterocycles. The Bertz CT molecular complexity index is 822. The molecule has 0 bridgehead atoms. The molecule has 1 saturated carbocycles. The monoisotopic (exact) mass is 330 g/mol. The Labute approximate surface area is 140 Å². The quantitative estimate of drug-likeness (QED) is 0.839. The maximum atomic E-state index is 12.4. The van der Waals surface area contributed by atoms with Crippen molar-refractivity contribution in [2.45, 2.75) is 25.3 Å². The molecule has 3 rings (SSSR count). The fourth-order valence-electron chi connectivity index (χ4n) is 2.91. The Morgan fingerprint density at radius 1 is 1.38 bits per heavy atom. The molecule has 24 heavy (non-hydrogen) atoms. The SMILES string of the molecule is CN(C)CCOc1cccc2c(=O)cc(CC(=O)O)n(C3CC3)c12. The lowest BCUT2D eigenvalue weighted by atomic mass is 10.1. The molecular weight excluding hydrogens is 308 g/mol. The molecule has 0 saturated heterocycles. The summed E-state index contributed by atoms with van der Waals surface area (Å²) in [5.41, 5.74) is 1.12. The van der Waals surface area contributed by atoms with Crippen molar-refractivity contribution in [1.82, 2.24) is 9.47 Å². The van der Waals surface area contributed by atoms with Crippen LogP contribution in [0.25, 0.3) is 10.9 Å². The highest BCUT2D eigenvalue weighted by Crippen LogP contribution is 2.40. The molecule has 1 aromatic heterocycles. The van der Waals surface area contributed by atoms with Gasteiger partial charge < -0.3 is 19.3 Å². The van der Waals surface area contributed by atoms with Crippen LogP contribution in [0.4, 0.5) is 0 Å². The van der Waals surface area contributed by atoms with Gasteiger partial charge in [-0.1, -0.05) is 6.07 Å². The third-order valence-corrected chi connectivity index (χ3v) is 4.15. The minimum Gasteiger partial charge on any atom is -0.490 e. The number of rotatable bonds is 7. The number of fused-ring (bicyclic) bond motifs is 1. The first kappa shape index (κ1) is 16.5. The zero-order chi connectivity index (χ0) is 17.3. The summed E-state index contributed by atoms with van der Waals surface area (Å²) in [6.07, 6.45) is 1.83. The van der Waals surface area contributed by atoms with Gasteiger partial charge >= 0.3 is 5.97 Å². The van der Waals surface area contributed by atoms with E-state index in [0.717, 1.165) is 24.9 Å². The van der Waals surface area contributed by atoms with Gasteiger partial charge in [-0.3, -0.25) is 9.59 Å². The Balaban J connectivity index is 2.13. The lowest BCUT2D eigenvalue weighted by molar-refractivity contribution is -0.136. The molecule has 6 nitrogen and oxygen atoms in total. The van der Waals surface area contributed by atoms with Gasteiger partial charge in [-0.15, -0.1) is 0 Å². The van der Waals surface area contributed by atoms with E-state index in [1.807, 2.05) is 35.7 Å². The number of likely N-dealkylation sites (N-methyl/N-ethyl adjacent to an activating group) is 1. The van der Waals surface area contributed by atoms with Crippen molar-refractivity contribution < 1.29 is 14.6 Å². The number of pyridine rings is 1. The number of ether oxygens (including phenoxy) is 1. The van der Waals surface area contributed by atoms with Crippen LogP contribution in [0, 0.1) is 0 Å². The fourth-order valence-corrected chi connectivity index (χ4v) is 2.91. The van der Waals surface area contributed by atoms with Gasteiger partial charge in [0, 0.05) is 29.7 Å². The zero-order valence-electron chi connectivity index (χ0n) is 14.0. The second-order valence-corrected chi connectivity index (χ2v) is 6.48. The maximum absolute atomic E-state index is 12.4. The van der Waals surface area contributed by atoms with Crippen LogP contribution in [0.5, 0.6) is 5.75 Å². The molecule has 1 aliphatic rings. The van der Waals surface area contributed by atoms with Crippen LogP contribution in [0.2, 0.25) is 0 Å². The maximum Gasteiger partial charge on any atom is 0.309 e. The van der Waals surface area contributed by atoms with Gasteiger partial charge in [0.2, 0.25) is 0 Å². The molecular formula is C18H22N2O4. The number of carboxylic acids is 1. The summed E-state index contributed by atoms with van der Waals surface area (Å²) in [4.78, 5) is 25.7. The number of nitrogens with zero attached hydrogens (tertiary/aromatic N) is 2. The van der Waals surface area contributed by atoms with E-state index in [1.54, 1.807) is 6.07 Å². The molecule has 6 heteroatoms. The standard InChI is InChI=1S/C18H22N2O4/c1-19(2)8-9-24-16-5-3-4-14-15(21)10-13(11-17(22)23)20(18(14)16)12-6-7-12/h3-5,10,12H,6-9,11H2,1-2H3,(H,22,23). The lowest BCUT2D eigenvalue weighted by Gasteiger charge is -2.19. The van der Waals surface area contributed by atoms with E-state index < -0.39 is 5.97 Å². The highest BCUT2D eigenvalue weighted by Gasteiger charge is 2.29. The van der Waals surface area contributed by atoms with Crippen molar-refractivity contribution in [1.29, 1.82) is 0 Å². The van der Waals surface area contributed by atoms with Crippen molar-refractivity contribution >= 4 is 16.9 Å². The first-order valence-electron chi connectivity index (χ1n) is 8.14. The van der Waals surface area contributed by atoms with Crippen molar-refractivity contribution in [3.63, 3.8) is 0 Å². The van der Waals surface area contributed by atoms with Crippen LogP contribution >= 0.6 is 0 Å². The first-order chi connectivity index (χ1) is 11.5. The van der Waals surface area contributed by atoms with Crippen LogP contribution in [-0.2, 0) is 11.2 Å². The van der Waals surface area contributed by atoms with Crippen LogP contribution in [0.3, 0.4) is 0 Å². The van der Waals surface area contributed by atoms with Crippen LogP contribution in [-0.4, -0.2) is 47.8 Å². The average molecular weight is 330 g/mol. The molecule has 1 fully saturated rings. The minimum atomic E-state index is -0.936. The van der Waals surface area contributed by atoms with Gasteiger partial charge in [0.05, 0.1) is 11.9 Å². The van der Waals surface area contributed by atoms with Gasteiger partial charge in [0.1, 0.15) is 12.4 Å². The summed E-state index contributed by atoms with van der Waals surface area (Å²) in [6, 6.07) is 7.14. The van der Waals surface area contributed by atoms with E-state index in [1.165, 1.54) is 6.07 Å². The predicted molar refractivity (Wildman–Crippen MR) is 91.9 cm³/mol. The van der Waals surface area contributed by atoms with E-state index in [-0.39, 0.29) is 17.9 Å². The van der Waals surface area contributed by atoms with E-state index in [2.05, 4.69) is 0 Å². The smallest absolute Gasteiger partial charge is 0.309 e. The number of carboxylic acid groups (broad SMARTS) is 1. The van der Waals surface area contributed by atoms with Gasteiger partial charge in [0.25, 0.3) is 0 Å². The summed E-state index contributed by atoms with van der Waals surface area (Å²) in [5, 5.41) is 9.76. The Morgan fingerprint density at radius 3 is 2.75 bits per heavy atom. The third-order valence-electron chi connectivity index (χ3n) is 4.15. The number of aliphatic carboxylic acids is 1. The van der Waals surface area contributed by atoms with Crippen molar-refractivity contribution in [3.05, 3.63) is 40.2 Å². The van der Waals surface area contributed by atoms with Crippen molar-refractivity contribution in [3.8, 4) is 5.75 Å². The molecule has 0 atom stereocenters. The normalized spacial score (nSPS) is 14.3. The van der Waals surface area contributed by atoms with E-state index in [9.17, 15) is 14.7 Å². The number of hydrogen-bond donors (Lipinski definition) is 1. The summed E-state index contributed by atoms with van der Waals surface area (Å²) in [5.74, 6) is -0.292.